The van der Waals surface area contributed by atoms with E-state index in [4.69, 9.17) is 5.73 Å². The number of hydrogen-bond acceptors (Lipinski definition) is 3. The molecule has 1 atom stereocenters. The van der Waals surface area contributed by atoms with Crippen LogP contribution in [0.3, 0.4) is 0 Å². The number of amides is 1. The SMILES string of the molecule is C=CCNC(=O)C(C)Sc1cc(N)cc(F)c1. The minimum absolute atomic E-state index is 0.113. The van der Waals surface area contributed by atoms with Crippen LogP contribution in [0.25, 0.3) is 0 Å². The summed E-state index contributed by atoms with van der Waals surface area (Å²) in [5, 5.41) is 2.37. The van der Waals surface area contributed by atoms with Gasteiger partial charge in [-0.1, -0.05) is 6.08 Å². The number of benzene rings is 1. The van der Waals surface area contributed by atoms with Crippen LogP contribution < -0.4 is 11.1 Å². The third-order valence-corrected chi connectivity index (χ3v) is 3.07. The zero-order valence-corrected chi connectivity index (χ0v) is 10.4. The summed E-state index contributed by atoms with van der Waals surface area (Å²) in [5.74, 6) is -0.510. The second-order valence-electron chi connectivity index (χ2n) is 3.51. The molecule has 0 aliphatic carbocycles. The number of nitrogens with two attached hydrogens (primary N) is 1. The Labute approximate surface area is 104 Å². The van der Waals surface area contributed by atoms with Crippen molar-refractivity contribution in [2.75, 3.05) is 12.3 Å². The molecular weight excluding hydrogens is 239 g/mol. The van der Waals surface area contributed by atoms with Gasteiger partial charge in [0.05, 0.1) is 5.25 Å². The third kappa shape index (κ3) is 4.48. The van der Waals surface area contributed by atoms with Crippen LogP contribution in [0, 0.1) is 5.82 Å². The quantitative estimate of drug-likeness (QED) is 0.481. The van der Waals surface area contributed by atoms with Gasteiger partial charge in [-0.3, -0.25) is 4.79 Å². The van der Waals surface area contributed by atoms with Crippen molar-refractivity contribution < 1.29 is 9.18 Å². The Kier molecular flexibility index (Phi) is 5.03. The number of nitrogens with one attached hydrogen (secondary N) is 1. The highest BCUT2D eigenvalue weighted by molar-refractivity contribution is 8.00. The van der Waals surface area contributed by atoms with Gasteiger partial charge in [0, 0.05) is 17.1 Å². The second kappa shape index (κ2) is 6.30. The van der Waals surface area contributed by atoms with Crippen LogP contribution in [0.15, 0.2) is 35.7 Å². The van der Waals surface area contributed by atoms with E-state index < -0.39 is 5.82 Å². The molecule has 1 amide bonds. The topological polar surface area (TPSA) is 55.1 Å². The van der Waals surface area contributed by atoms with Gasteiger partial charge in [0.2, 0.25) is 5.91 Å². The summed E-state index contributed by atoms with van der Waals surface area (Å²) < 4.78 is 13.1. The minimum atomic E-state index is -0.397. The van der Waals surface area contributed by atoms with Crippen LogP contribution >= 0.6 is 11.8 Å². The predicted molar refractivity (Wildman–Crippen MR) is 69.3 cm³/mol. The van der Waals surface area contributed by atoms with E-state index in [1.54, 1.807) is 19.1 Å². The fourth-order valence-electron chi connectivity index (χ4n) is 1.23. The Bertz CT molecular complexity index is 403. The molecule has 0 heterocycles. The lowest BCUT2D eigenvalue weighted by Gasteiger charge is -2.11. The number of nitrogen functional groups attached to an aromatic ring is 1. The van der Waals surface area contributed by atoms with Crippen molar-refractivity contribution in [1.82, 2.24) is 5.32 Å². The first kappa shape index (κ1) is 13.6. The average Bonchev–Trinajstić information content (AvgIpc) is 2.24. The molecule has 0 aromatic heterocycles. The van der Waals surface area contributed by atoms with Gasteiger partial charge in [-0.05, 0) is 25.1 Å². The van der Waals surface area contributed by atoms with Crippen molar-refractivity contribution in [3.63, 3.8) is 0 Å². The Morgan fingerprint density at radius 3 is 2.94 bits per heavy atom. The van der Waals surface area contributed by atoms with Crippen LogP contribution in [0.2, 0.25) is 0 Å². The zero-order chi connectivity index (χ0) is 12.8. The van der Waals surface area contributed by atoms with Gasteiger partial charge in [0.25, 0.3) is 0 Å². The van der Waals surface area contributed by atoms with Crippen molar-refractivity contribution >= 4 is 23.4 Å². The molecular formula is C12H15FN2OS. The molecule has 1 unspecified atom stereocenters. The molecule has 0 saturated heterocycles. The molecule has 0 aliphatic rings. The maximum Gasteiger partial charge on any atom is 0.233 e. The minimum Gasteiger partial charge on any atom is -0.399 e. The first-order valence-electron chi connectivity index (χ1n) is 5.14. The lowest BCUT2D eigenvalue weighted by molar-refractivity contribution is -0.120. The maximum absolute atomic E-state index is 13.1. The molecule has 3 N–H and O–H groups in total. The molecule has 1 aromatic carbocycles. The van der Waals surface area contributed by atoms with E-state index in [0.717, 1.165) is 0 Å². The van der Waals surface area contributed by atoms with Gasteiger partial charge in [-0.15, -0.1) is 18.3 Å². The Morgan fingerprint density at radius 1 is 1.65 bits per heavy atom. The molecule has 92 valence electrons. The van der Waals surface area contributed by atoms with Crippen LogP contribution in [-0.4, -0.2) is 17.7 Å². The Hall–Kier alpha value is -1.49. The van der Waals surface area contributed by atoms with Crippen LogP contribution in [0.5, 0.6) is 0 Å². The number of anilines is 1. The van der Waals surface area contributed by atoms with Crippen LogP contribution in [0.4, 0.5) is 10.1 Å². The zero-order valence-electron chi connectivity index (χ0n) is 9.57. The number of hydrogen-bond donors (Lipinski definition) is 2. The van der Waals surface area contributed by atoms with Crippen LogP contribution in [0.1, 0.15) is 6.92 Å². The van der Waals surface area contributed by atoms with E-state index in [2.05, 4.69) is 11.9 Å². The lowest BCUT2D eigenvalue weighted by Crippen LogP contribution is -2.30. The van der Waals surface area contributed by atoms with Gasteiger partial charge in [0.1, 0.15) is 5.82 Å². The van der Waals surface area contributed by atoms with E-state index in [0.29, 0.717) is 17.1 Å². The monoisotopic (exact) mass is 254 g/mol. The fraction of sp³-hybridized carbons (Fsp3) is 0.250. The molecule has 0 bridgehead atoms. The summed E-state index contributed by atoms with van der Waals surface area (Å²) in [6.07, 6.45) is 1.61. The van der Waals surface area contributed by atoms with Crippen molar-refractivity contribution in [3.8, 4) is 0 Å². The van der Waals surface area contributed by atoms with E-state index >= 15 is 0 Å². The number of carbonyl (C=O) groups excluding carboxylic acids is 1. The largest absolute Gasteiger partial charge is 0.399 e. The van der Waals surface area contributed by atoms with E-state index in [-0.39, 0.29) is 11.2 Å². The Balaban J connectivity index is 2.63. The molecule has 0 aliphatic heterocycles. The number of halogens is 1. The first-order valence-corrected chi connectivity index (χ1v) is 6.02. The molecule has 0 spiro atoms. The van der Waals surface area contributed by atoms with Crippen molar-refractivity contribution in [1.29, 1.82) is 0 Å². The number of carbonyl (C=O) groups is 1. The number of rotatable bonds is 5. The Morgan fingerprint density at radius 2 is 2.35 bits per heavy atom. The first-order chi connectivity index (χ1) is 8.02. The molecule has 0 radical (unpaired) electrons. The van der Waals surface area contributed by atoms with Gasteiger partial charge in [0.15, 0.2) is 0 Å². The molecule has 17 heavy (non-hydrogen) atoms. The molecule has 1 rings (SSSR count). The van der Waals surface area contributed by atoms with Crippen molar-refractivity contribution in [2.24, 2.45) is 0 Å². The highest BCUT2D eigenvalue weighted by Gasteiger charge is 2.13. The summed E-state index contributed by atoms with van der Waals surface area (Å²) >= 11 is 1.26. The standard InChI is InChI=1S/C12H15FN2OS/c1-3-4-15-12(16)8(2)17-11-6-9(13)5-10(14)7-11/h3,5-8H,1,4,14H2,2H3,(H,15,16). The van der Waals surface area contributed by atoms with Gasteiger partial charge in [-0.2, -0.15) is 0 Å². The van der Waals surface area contributed by atoms with Crippen molar-refractivity contribution in [3.05, 3.63) is 36.7 Å². The van der Waals surface area contributed by atoms with E-state index in [1.807, 2.05) is 0 Å². The summed E-state index contributed by atoms with van der Waals surface area (Å²) in [6.45, 7) is 5.69. The summed E-state index contributed by atoms with van der Waals surface area (Å²) in [5.41, 5.74) is 5.88. The normalized spacial score (nSPS) is 11.9. The molecule has 3 nitrogen and oxygen atoms in total. The highest BCUT2D eigenvalue weighted by Crippen LogP contribution is 2.26. The molecule has 0 saturated carbocycles. The van der Waals surface area contributed by atoms with E-state index in [9.17, 15) is 9.18 Å². The van der Waals surface area contributed by atoms with Gasteiger partial charge < -0.3 is 11.1 Å². The second-order valence-corrected chi connectivity index (χ2v) is 4.93. The van der Waals surface area contributed by atoms with Crippen LogP contribution in [-0.2, 0) is 4.79 Å². The average molecular weight is 254 g/mol. The smallest absolute Gasteiger partial charge is 0.233 e. The summed E-state index contributed by atoms with van der Waals surface area (Å²) in [6, 6.07) is 4.25. The summed E-state index contributed by atoms with van der Waals surface area (Å²) in [7, 11) is 0. The molecule has 1 aromatic rings. The van der Waals surface area contributed by atoms with E-state index in [1.165, 1.54) is 23.9 Å². The maximum atomic E-state index is 13.1. The third-order valence-electron chi connectivity index (χ3n) is 2.00. The molecule has 5 heteroatoms. The molecule has 0 fully saturated rings. The predicted octanol–water partition coefficient (Wildman–Crippen LogP) is 2.19. The number of thioether (sulfide) groups is 1. The highest BCUT2D eigenvalue weighted by atomic mass is 32.2. The lowest BCUT2D eigenvalue weighted by atomic mass is 10.3. The fourth-order valence-corrected chi connectivity index (χ4v) is 2.21. The van der Waals surface area contributed by atoms with Gasteiger partial charge >= 0.3 is 0 Å². The summed E-state index contributed by atoms with van der Waals surface area (Å²) in [4.78, 5) is 12.2. The van der Waals surface area contributed by atoms with Gasteiger partial charge in [-0.25, -0.2) is 4.39 Å². The van der Waals surface area contributed by atoms with Crippen molar-refractivity contribution in [2.45, 2.75) is 17.1 Å².